The van der Waals surface area contributed by atoms with Gasteiger partial charge < -0.3 is 14.6 Å². The van der Waals surface area contributed by atoms with E-state index >= 15 is 0 Å². The molecular weight excluding hydrogens is 330 g/mol. The Bertz CT molecular complexity index is 833. The lowest BCUT2D eigenvalue weighted by Gasteiger charge is -2.32. The molecule has 0 radical (unpaired) electrons. The molecule has 0 bridgehead atoms. The molecule has 124 valence electrons. The minimum absolute atomic E-state index is 0.104. The van der Waals surface area contributed by atoms with Gasteiger partial charge in [-0.05, 0) is 25.3 Å². The quantitative estimate of drug-likeness (QED) is 0.864. The number of nitrogens with one attached hydrogen (secondary N) is 1. The van der Waals surface area contributed by atoms with Crippen molar-refractivity contribution >= 4 is 23.3 Å². The van der Waals surface area contributed by atoms with Crippen LogP contribution in [0.5, 0.6) is 0 Å². The van der Waals surface area contributed by atoms with E-state index in [1.165, 1.54) is 16.2 Å². The van der Waals surface area contributed by atoms with Crippen LogP contribution in [0.4, 0.5) is 4.79 Å². The van der Waals surface area contributed by atoms with E-state index in [1.807, 2.05) is 24.4 Å². The minimum atomic E-state index is -0.455. The van der Waals surface area contributed by atoms with E-state index < -0.39 is 6.04 Å². The van der Waals surface area contributed by atoms with Crippen LogP contribution in [0.25, 0.3) is 0 Å². The predicted molar refractivity (Wildman–Crippen MR) is 85.1 cm³/mol. The van der Waals surface area contributed by atoms with Crippen LogP contribution in [0.3, 0.4) is 0 Å². The Morgan fingerprint density at radius 1 is 1.42 bits per heavy atom. The first-order valence-electron chi connectivity index (χ1n) is 7.49. The van der Waals surface area contributed by atoms with E-state index in [0.717, 1.165) is 16.1 Å². The van der Waals surface area contributed by atoms with Gasteiger partial charge in [-0.1, -0.05) is 11.2 Å². The number of carbonyl (C=O) groups excluding carboxylic acids is 2. The van der Waals surface area contributed by atoms with Gasteiger partial charge in [0.25, 0.3) is 0 Å². The van der Waals surface area contributed by atoms with Crippen LogP contribution in [0.2, 0.25) is 0 Å². The van der Waals surface area contributed by atoms with E-state index in [9.17, 15) is 9.59 Å². The highest BCUT2D eigenvalue weighted by Crippen LogP contribution is 2.37. The van der Waals surface area contributed by atoms with Crippen molar-refractivity contribution in [3.63, 3.8) is 0 Å². The maximum Gasteiger partial charge on any atom is 0.338 e. The summed E-state index contributed by atoms with van der Waals surface area (Å²) in [5.74, 6) is 0.278. The molecule has 0 saturated carbocycles. The zero-order valence-corrected chi connectivity index (χ0v) is 14.0. The minimum Gasteiger partial charge on any atom is -0.456 e. The molecule has 0 aromatic carbocycles. The molecule has 0 spiro atoms. The van der Waals surface area contributed by atoms with Gasteiger partial charge in [0.05, 0.1) is 29.6 Å². The van der Waals surface area contributed by atoms with Crippen LogP contribution in [0, 0.1) is 13.8 Å². The maximum atomic E-state index is 12.7. The number of rotatable bonds is 3. The van der Waals surface area contributed by atoms with E-state index in [0.29, 0.717) is 23.6 Å². The van der Waals surface area contributed by atoms with Crippen molar-refractivity contribution < 1.29 is 18.8 Å². The van der Waals surface area contributed by atoms with Crippen molar-refractivity contribution in [2.45, 2.75) is 26.4 Å². The zero-order valence-electron chi connectivity index (χ0n) is 13.2. The fourth-order valence-electron chi connectivity index (χ4n) is 3.03. The first-order chi connectivity index (χ1) is 11.6. The van der Waals surface area contributed by atoms with Crippen LogP contribution in [0.15, 0.2) is 33.3 Å². The summed E-state index contributed by atoms with van der Waals surface area (Å²) in [7, 11) is 0. The summed E-state index contributed by atoms with van der Waals surface area (Å²) in [4.78, 5) is 27.3. The van der Waals surface area contributed by atoms with Crippen LogP contribution >= 0.6 is 11.3 Å². The number of aryl methyl sites for hydroxylation is 2. The van der Waals surface area contributed by atoms with Crippen LogP contribution in [-0.2, 0) is 16.1 Å². The number of ether oxygens (including phenoxy) is 1. The highest BCUT2D eigenvalue weighted by Gasteiger charge is 2.42. The lowest BCUT2D eigenvalue weighted by molar-refractivity contribution is -0.136. The third-order valence-electron chi connectivity index (χ3n) is 4.32. The Balaban J connectivity index is 1.75. The van der Waals surface area contributed by atoms with Gasteiger partial charge in [-0.15, -0.1) is 11.3 Å². The first-order valence-corrected chi connectivity index (χ1v) is 8.37. The Morgan fingerprint density at radius 2 is 2.25 bits per heavy atom. The molecule has 0 saturated heterocycles. The predicted octanol–water partition coefficient (Wildman–Crippen LogP) is 2.43. The molecule has 4 rings (SSSR count). The Hall–Kier alpha value is -2.61. The number of nitrogens with zero attached hydrogens (tertiary/aromatic N) is 2. The molecule has 2 amide bonds. The van der Waals surface area contributed by atoms with E-state index in [-0.39, 0.29) is 18.6 Å². The maximum absolute atomic E-state index is 12.7. The van der Waals surface area contributed by atoms with Gasteiger partial charge in [0.1, 0.15) is 12.4 Å². The monoisotopic (exact) mass is 345 g/mol. The summed E-state index contributed by atoms with van der Waals surface area (Å²) in [6.45, 7) is 4.03. The van der Waals surface area contributed by atoms with Crippen molar-refractivity contribution in [3.05, 3.63) is 50.7 Å². The second-order valence-corrected chi connectivity index (χ2v) is 6.70. The summed E-state index contributed by atoms with van der Waals surface area (Å²) in [5, 5.41) is 8.74. The molecule has 8 heteroatoms. The summed E-state index contributed by atoms with van der Waals surface area (Å²) in [5.41, 5.74) is 2.69. The lowest BCUT2D eigenvalue weighted by atomic mass is 10.0. The number of esters is 1. The Labute approximate surface area is 141 Å². The first kappa shape index (κ1) is 14.9. The van der Waals surface area contributed by atoms with Crippen LogP contribution in [-0.4, -0.2) is 28.7 Å². The number of cyclic esters (lactones) is 1. The second-order valence-electron chi connectivity index (χ2n) is 5.72. The summed E-state index contributed by atoms with van der Waals surface area (Å²) in [6.07, 6.45) is 0. The number of hydrogen-bond acceptors (Lipinski definition) is 6. The third kappa shape index (κ3) is 2.22. The zero-order chi connectivity index (χ0) is 16.8. The summed E-state index contributed by atoms with van der Waals surface area (Å²) >= 11 is 1.49. The molecule has 0 unspecified atom stereocenters. The highest BCUT2D eigenvalue weighted by atomic mass is 32.1. The van der Waals surface area contributed by atoms with Gasteiger partial charge >= 0.3 is 12.0 Å². The Kier molecular flexibility index (Phi) is 3.42. The van der Waals surface area contributed by atoms with Crippen molar-refractivity contribution in [3.8, 4) is 0 Å². The standard InChI is InChI=1S/C16H15N3O4S/c1-8-10(9(2)23-18-8)6-19-11-7-22-15(20)13(11)14(17-16(19)21)12-4-3-5-24-12/h3-5,14H,6-7H2,1-2H3,(H,17,21)/t14-/m1/s1. The van der Waals surface area contributed by atoms with Crippen LogP contribution in [0.1, 0.15) is 27.9 Å². The average molecular weight is 345 g/mol. The number of urea groups is 1. The molecule has 24 heavy (non-hydrogen) atoms. The number of thiophene rings is 1. The molecule has 0 aliphatic carbocycles. The fraction of sp³-hybridized carbons (Fsp3) is 0.312. The molecule has 7 nitrogen and oxygen atoms in total. The molecule has 0 fully saturated rings. The average Bonchev–Trinajstić information content (AvgIpc) is 3.27. The fourth-order valence-corrected chi connectivity index (χ4v) is 3.82. The van der Waals surface area contributed by atoms with Gasteiger partial charge in [-0.25, -0.2) is 9.59 Å². The highest BCUT2D eigenvalue weighted by molar-refractivity contribution is 7.10. The van der Waals surface area contributed by atoms with E-state index in [1.54, 1.807) is 6.92 Å². The third-order valence-corrected chi connectivity index (χ3v) is 5.26. The molecule has 2 aromatic rings. The number of aromatic nitrogens is 1. The lowest BCUT2D eigenvalue weighted by Crippen LogP contribution is -2.46. The number of carbonyl (C=O) groups is 2. The molecule has 4 heterocycles. The van der Waals surface area contributed by atoms with E-state index in [4.69, 9.17) is 9.26 Å². The van der Waals surface area contributed by atoms with Crippen molar-refractivity contribution in [2.24, 2.45) is 0 Å². The van der Waals surface area contributed by atoms with Gasteiger partial charge in [-0.3, -0.25) is 4.90 Å². The number of hydrogen-bond donors (Lipinski definition) is 1. The van der Waals surface area contributed by atoms with Gasteiger partial charge in [0, 0.05) is 10.4 Å². The molecule has 2 aliphatic rings. The van der Waals surface area contributed by atoms with Gasteiger partial charge in [0.2, 0.25) is 0 Å². The van der Waals surface area contributed by atoms with Crippen molar-refractivity contribution in [1.82, 2.24) is 15.4 Å². The van der Waals surface area contributed by atoms with Gasteiger partial charge in [0.15, 0.2) is 0 Å². The summed E-state index contributed by atoms with van der Waals surface area (Å²) in [6, 6.07) is 3.08. The number of amides is 2. The van der Waals surface area contributed by atoms with Gasteiger partial charge in [-0.2, -0.15) is 0 Å². The molecule has 1 N–H and O–H groups in total. The molecule has 1 atom stereocenters. The normalized spacial score (nSPS) is 20.2. The second kappa shape index (κ2) is 5.48. The summed E-state index contributed by atoms with van der Waals surface area (Å²) < 4.78 is 10.4. The molecule has 2 aromatic heterocycles. The van der Waals surface area contributed by atoms with Crippen molar-refractivity contribution in [1.29, 1.82) is 0 Å². The molecule has 2 aliphatic heterocycles. The topological polar surface area (TPSA) is 84.7 Å². The van der Waals surface area contributed by atoms with E-state index in [2.05, 4.69) is 10.5 Å². The largest absolute Gasteiger partial charge is 0.456 e. The van der Waals surface area contributed by atoms with Crippen LogP contribution < -0.4 is 5.32 Å². The smallest absolute Gasteiger partial charge is 0.338 e. The molecular formula is C16H15N3O4S. The Morgan fingerprint density at radius 3 is 2.92 bits per heavy atom. The van der Waals surface area contributed by atoms with Crippen molar-refractivity contribution in [2.75, 3.05) is 6.61 Å². The SMILES string of the molecule is Cc1noc(C)c1CN1C(=O)N[C@H](c2cccs2)C2=C1COC2=O.